The van der Waals surface area contributed by atoms with Crippen LogP contribution >= 0.6 is 11.6 Å². The lowest BCUT2D eigenvalue weighted by atomic mass is 10.2. The Hall–Kier alpha value is -1.99. The molecule has 0 unspecified atom stereocenters. The van der Waals surface area contributed by atoms with E-state index in [1.165, 1.54) is 0 Å². The number of halogens is 1. The number of aromatic nitrogens is 1. The maximum absolute atomic E-state index is 9.13. The summed E-state index contributed by atoms with van der Waals surface area (Å²) in [6.45, 7) is 4.16. The van der Waals surface area contributed by atoms with Crippen LogP contribution in [-0.2, 0) is 0 Å². The van der Waals surface area contributed by atoms with Crippen LogP contribution in [0.15, 0.2) is 28.7 Å². The van der Waals surface area contributed by atoms with Crippen LogP contribution in [0, 0.1) is 11.3 Å². The van der Waals surface area contributed by atoms with Crippen LogP contribution < -0.4 is 5.32 Å². The third kappa shape index (κ3) is 3.31. The van der Waals surface area contributed by atoms with Gasteiger partial charge in [-0.2, -0.15) is 10.2 Å². The van der Waals surface area contributed by atoms with E-state index in [0.29, 0.717) is 16.8 Å². The topological polar surface area (TPSA) is 61.9 Å². The highest BCUT2D eigenvalue weighted by Gasteiger charge is 2.15. The maximum atomic E-state index is 9.13. The van der Waals surface area contributed by atoms with Crippen LogP contribution in [0.4, 0.5) is 5.88 Å². The lowest BCUT2D eigenvalue weighted by Gasteiger charge is -2.10. The number of anilines is 1. The minimum atomic E-state index is 0.234. The predicted octanol–water partition coefficient (Wildman–Crippen LogP) is 4.47. The van der Waals surface area contributed by atoms with Crippen molar-refractivity contribution in [2.75, 3.05) is 5.32 Å². The number of rotatable bonds is 5. The van der Waals surface area contributed by atoms with Crippen molar-refractivity contribution in [2.24, 2.45) is 0 Å². The summed E-state index contributed by atoms with van der Waals surface area (Å²) >= 11 is 5.85. The van der Waals surface area contributed by atoms with Crippen molar-refractivity contribution < 1.29 is 4.42 Å². The smallest absolute Gasteiger partial charge is 0.232 e. The minimum absolute atomic E-state index is 0.234. The van der Waals surface area contributed by atoms with Gasteiger partial charge in [0.1, 0.15) is 6.07 Å². The molecule has 1 atom stereocenters. The Bertz CT molecular complexity index is 613. The van der Waals surface area contributed by atoms with Crippen LogP contribution in [0.2, 0.25) is 5.02 Å². The molecule has 1 heterocycles. The standard InChI is InChI=1S/C15H16ClN3O/c1-3-4-10(2)18-15-13(9-17)19-14(20-15)11-5-7-12(16)8-6-11/h5-8,10,18H,3-4H2,1-2H3/t10-/m1/s1. The van der Waals surface area contributed by atoms with Crippen LogP contribution in [0.3, 0.4) is 0 Å². The van der Waals surface area contributed by atoms with E-state index in [0.717, 1.165) is 18.4 Å². The van der Waals surface area contributed by atoms with E-state index >= 15 is 0 Å². The quantitative estimate of drug-likeness (QED) is 0.882. The Morgan fingerprint density at radius 3 is 2.70 bits per heavy atom. The first-order valence-corrected chi connectivity index (χ1v) is 6.95. The molecule has 2 aromatic rings. The van der Waals surface area contributed by atoms with Crippen molar-refractivity contribution >= 4 is 17.5 Å². The van der Waals surface area contributed by atoms with Gasteiger partial charge in [-0.3, -0.25) is 0 Å². The summed E-state index contributed by atoms with van der Waals surface area (Å²) < 4.78 is 5.66. The molecule has 0 saturated heterocycles. The molecule has 0 spiro atoms. The van der Waals surface area contributed by atoms with Gasteiger partial charge in [0.05, 0.1) is 0 Å². The predicted molar refractivity (Wildman–Crippen MR) is 79.7 cm³/mol. The molecule has 2 rings (SSSR count). The van der Waals surface area contributed by atoms with Gasteiger partial charge in [-0.05, 0) is 37.6 Å². The molecule has 0 fully saturated rings. The first-order chi connectivity index (χ1) is 9.63. The molecule has 5 heteroatoms. The van der Waals surface area contributed by atoms with Crippen molar-refractivity contribution in [3.63, 3.8) is 0 Å². The van der Waals surface area contributed by atoms with Gasteiger partial charge in [0.25, 0.3) is 0 Å². The van der Waals surface area contributed by atoms with E-state index in [1.54, 1.807) is 12.1 Å². The normalized spacial score (nSPS) is 11.9. The van der Waals surface area contributed by atoms with E-state index in [9.17, 15) is 0 Å². The molecule has 4 nitrogen and oxygen atoms in total. The average Bonchev–Trinajstić information content (AvgIpc) is 2.82. The summed E-state index contributed by atoms with van der Waals surface area (Å²) in [5.74, 6) is 0.850. The molecular weight excluding hydrogens is 274 g/mol. The highest BCUT2D eigenvalue weighted by Crippen LogP contribution is 2.27. The van der Waals surface area contributed by atoms with Crippen LogP contribution in [-0.4, -0.2) is 11.0 Å². The van der Waals surface area contributed by atoms with Crippen molar-refractivity contribution in [3.8, 4) is 17.5 Å². The molecule has 0 saturated carbocycles. The van der Waals surface area contributed by atoms with Gasteiger partial charge >= 0.3 is 0 Å². The molecule has 0 bridgehead atoms. The zero-order valence-electron chi connectivity index (χ0n) is 11.5. The third-order valence-corrected chi connectivity index (χ3v) is 3.18. The lowest BCUT2D eigenvalue weighted by molar-refractivity contribution is 0.567. The monoisotopic (exact) mass is 289 g/mol. The summed E-state index contributed by atoms with van der Waals surface area (Å²) in [5.41, 5.74) is 1.07. The number of oxazole rings is 1. The van der Waals surface area contributed by atoms with Crippen LogP contribution in [0.25, 0.3) is 11.5 Å². The Kier molecular flexibility index (Phi) is 4.65. The van der Waals surface area contributed by atoms with Gasteiger partial charge in [0, 0.05) is 16.6 Å². The van der Waals surface area contributed by atoms with Gasteiger partial charge in [0.15, 0.2) is 0 Å². The number of benzene rings is 1. The van der Waals surface area contributed by atoms with Crippen LogP contribution in [0.5, 0.6) is 0 Å². The molecule has 0 aliphatic heterocycles. The number of nitriles is 1. The summed E-state index contributed by atoms with van der Waals surface area (Å²) in [5, 5.41) is 13.0. The fraction of sp³-hybridized carbons (Fsp3) is 0.333. The molecule has 1 aromatic heterocycles. The Morgan fingerprint density at radius 2 is 2.10 bits per heavy atom. The van der Waals surface area contributed by atoms with Crippen molar-refractivity contribution in [3.05, 3.63) is 35.0 Å². The molecule has 1 N–H and O–H groups in total. The summed E-state index contributed by atoms with van der Waals surface area (Å²) in [6, 6.07) is 9.44. The highest BCUT2D eigenvalue weighted by molar-refractivity contribution is 6.30. The van der Waals surface area contributed by atoms with Crippen LogP contribution in [0.1, 0.15) is 32.4 Å². The molecule has 0 amide bonds. The fourth-order valence-electron chi connectivity index (χ4n) is 1.94. The first kappa shape index (κ1) is 14.4. The van der Waals surface area contributed by atoms with Gasteiger partial charge in [-0.1, -0.05) is 24.9 Å². The van der Waals surface area contributed by atoms with Crippen molar-refractivity contribution in [1.29, 1.82) is 5.26 Å². The van der Waals surface area contributed by atoms with E-state index in [-0.39, 0.29) is 11.7 Å². The fourth-order valence-corrected chi connectivity index (χ4v) is 2.06. The Labute approximate surface area is 123 Å². The second-order valence-electron chi connectivity index (χ2n) is 4.65. The van der Waals surface area contributed by atoms with Gasteiger partial charge in [-0.25, -0.2) is 0 Å². The van der Waals surface area contributed by atoms with Crippen molar-refractivity contribution in [2.45, 2.75) is 32.7 Å². The number of hydrogen-bond acceptors (Lipinski definition) is 4. The second kappa shape index (κ2) is 6.44. The average molecular weight is 290 g/mol. The second-order valence-corrected chi connectivity index (χ2v) is 5.09. The van der Waals surface area contributed by atoms with E-state index < -0.39 is 0 Å². The highest BCUT2D eigenvalue weighted by atomic mass is 35.5. The summed E-state index contributed by atoms with van der Waals surface area (Å²) in [4.78, 5) is 4.21. The molecule has 0 aliphatic rings. The maximum Gasteiger partial charge on any atom is 0.232 e. The van der Waals surface area contributed by atoms with Gasteiger partial charge in [-0.15, -0.1) is 0 Å². The Balaban J connectivity index is 2.27. The van der Waals surface area contributed by atoms with E-state index in [2.05, 4.69) is 30.2 Å². The zero-order valence-corrected chi connectivity index (χ0v) is 12.2. The van der Waals surface area contributed by atoms with Gasteiger partial charge < -0.3 is 9.73 Å². The Morgan fingerprint density at radius 1 is 1.40 bits per heavy atom. The third-order valence-electron chi connectivity index (χ3n) is 2.92. The summed E-state index contributed by atoms with van der Waals surface area (Å²) in [6.07, 6.45) is 2.07. The van der Waals surface area contributed by atoms with E-state index in [4.69, 9.17) is 21.3 Å². The molecule has 0 aliphatic carbocycles. The number of nitrogens with one attached hydrogen (secondary N) is 1. The minimum Gasteiger partial charge on any atom is -0.419 e. The van der Waals surface area contributed by atoms with Gasteiger partial charge in [0.2, 0.25) is 17.5 Å². The molecule has 20 heavy (non-hydrogen) atoms. The largest absolute Gasteiger partial charge is 0.419 e. The SMILES string of the molecule is CCC[C@@H](C)Nc1oc(-c2ccc(Cl)cc2)nc1C#N. The molecule has 0 radical (unpaired) electrons. The lowest BCUT2D eigenvalue weighted by Crippen LogP contribution is -2.14. The number of nitrogens with zero attached hydrogens (tertiary/aromatic N) is 2. The first-order valence-electron chi connectivity index (χ1n) is 6.57. The zero-order chi connectivity index (χ0) is 14.5. The van der Waals surface area contributed by atoms with Crippen molar-refractivity contribution in [1.82, 2.24) is 4.98 Å². The number of hydrogen-bond donors (Lipinski definition) is 1. The molecule has 104 valence electrons. The summed E-state index contributed by atoms with van der Waals surface area (Å²) in [7, 11) is 0. The molecule has 1 aromatic carbocycles. The molecular formula is C15H16ClN3O. The van der Waals surface area contributed by atoms with E-state index in [1.807, 2.05) is 12.1 Å².